The van der Waals surface area contributed by atoms with E-state index in [9.17, 15) is 4.79 Å². The predicted molar refractivity (Wildman–Crippen MR) is 74.4 cm³/mol. The van der Waals surface area contributed by atoms with Crippen molar-refractivity contribution in [1.82, 2.24) is 5.32 Å². The zero-order valence-corrected chi connectivity index (χ0v) is 12.1. The van der Waals surface area contributed by atoms with Gasteiger partial charge in [-0.3, -0.25) is 4.79 Å². The lowest BCUT2D eigenvalue weighted by Crippen LogP contribution is -2.48. The molecule has 0 aliphatic heterocycles. The molecule has 0 bridgehead atoms. The van der Waals surface area contributed by atoms with Crippen molar-refractivity contribution >= 4 is 17.5 Å². The third-order valence-electron chi connectivity index (χ3n) is 2.68. The summed E-state index contributed by atoms with van der Waals surface area (Å²) in [6, 6.07) is 5.95. The molecular weight excluding hydrogens is 250 g/mol. The molecule has 0 radical (unpaired) electrons. The van der Waals surface area contributed by atoms with Gasteiger partial charge in [0.1, 0.15) is 18.2 Å². The zero-order valence-electron chi connectivity index (χ0n) is 11.3. The number of nitrogens with one attached hydrogen (secondary N) is 1. The van der Waals surface area contributed by atoms with Gasteiger partial charge in [-0.1, -0.05) is 6.07 Å². The molecular formula is C14H20ClNO2. The number of ether oxygens (including phenoxy) is 1. The van der Waals surface area contributed by atoms with Crippen molar-refractivity contribution in [2.24, 2.45) is 0 Å². The van der Waals surface area contributed by atoms with Crippen molar-refractivity contribution in [3.8, 4) is 5.75 Å². The number of amides is 1. The van der Waals surface area contributed by atoms with E-state index in [0.29, 0.717) is 6.61 Å². The maximum atomic E-state index is 11.2. The van der Waals surface area contributed by atoms with Crippen molar-refractivity contribution in [3.05, 3.63) is 29.3 Å². The minimum atomic E-state index is -0.440. The first-order chi connectivity index (χ1) is 8.34. The van der Waals surface area contributed by atoms with Gasteiger partial charge in [-0.15, -0.1) is 11.6 Å². The number of benzene rings is 1. The van der Waals surface area contributed by atoms with Crippen LogP contribution in [0.4, 0.5) is 0 Å². The van der Waals surface area contributed by atoms with Crippen molar-refractivity contribution in [1.29, 1.82) is 0 Å². The molecule has 0 aliphatic rings. The molecule has 0 fully saturated rings. The summed E-state index contributed by atoms with van der Waals surface area (Å²) in [5.74, 6) is 0.587. The van der Waals surface area contributed by atoms with E-state index in [-0.39, 0.29) is 11.8 Å². The van der Waals surface area contributed by atoms with Gasteiger partial charge >= 0.3 is 0 Å². The molecule has 1 aromatic rings. The lowest BCUT2D eigenvalue weighted by Gasteiger charge is -2.26. The van der Waals surface area contributed by atoms with Crippen LogP contribution in [-0.4, -0.2) is 23.9 Å². The third-order valence-corrected chi connectivity index (χ3v) is 2.92. The van der Waals surface area contributed by atoms with Crippen LogP contribution in [0.2, 0.25) is 0 Å². The highest BCUT2D eigenvalue weighted by atomic mass is 35.5. The van der Waals surface area contributed by atoms with Gasteiger partial charge in [-0.25, -0.2) is 0 Å². The SMILES string of the molecule is Cc1ccc(OCC(C)(C)NC(=O)CCl)cc1C. The van der Waals surface area contributed by atoms with Gasteiger partial charge in [-0.2, -0.15) is 0 Å². The first-order valence-corrected chi connectivity index (χ1v) is 6.44. The Morgan fingerprint density at radius 2 is 2.00 bits per heavy atom. The Bertz CT molecular complexity index is 430. The van der Waals surface area contributed by atoms with Gasteiger partial charge in [0.25, 0.3) is 0 Å². The Balaban J connectivity index is 2.58. The standard InChI is InChI=1S/C14H20ClNO2/c1-10-5-6-12(7-11(10)2)18-9-14(3,4)16-13(17)8-15/h5-7H,8-9H2,1-4H3,(H,16,17). The molecule has 18 heavy (non-hydrogen) atoms. The van der Waals surface area contributed by atoms with Crippen LogP contribution in [0.5, 0.6) is 5.75 Å². The number of hydrogen-bond donors (Lipinski definition) is 1. The van der Waals surface area contributed by atoms with Crippen LogP contribution in [-0.2, 0) is 4.79 Å². The summed E-state index contributed by atoms with van der Waals surface area (Å²) in [7, 11) is 0. The van der Waals surface area contributed by atoms with Crippen LogP contribution in [0.25, 0.3) is 0 Å². The van der Waals surface area contributed by atoms with Crippen LogP contribution in [0.15, 0.2) is 18.2 Å². The van der Waals surface area contributed by atoms with E-state index in [4.69, 9.17) is 16.3 Å². The maximum absolute atomic E-state index is 11.2. The van der Waals surface area contributed by atoms with E-state index in [0.717, 1.165) is 5.75 Å². The largest absolute Gasteiger partial charge is 0.491 e. The van der Waals surface area contributed by atoms with Gasteiger partial charge in [0, 0.05) is 0 Å². The normalized spacial score (nSPS) is 11.2. The summed E-state index contributed by atoms with van der Waals surface area (Å²) >= 11 is 5.46. The number of alkyl halides is 1. The van der Waals surface area contributed by atoms with Crippen LogP contribution in [0, 0.1) is 13.8 Å². The maximum Gasteiger partial charge on any atom is 0.235 e. The molecule has 0 unspecified atom stereocenters. The highest BCUT2D eigenvalue weighted by molar-refractivity contribution is 6.27. The summed E-state index contributed by atoms with van der Waals surface area (Å²) in [5.41, 5.74) is 1.98. The van der Waals surface area contributed by atoms with E-state index < -0.39 is 5.54 Å². The molecule has 0 saturated heterocycles. The summed E-state index contributed by atoms with van der Waals surface area (Å²) < 4.78 is 5.69. The first-order valence-electron chi connectivity index (χ1n) is 5.91. The summed E-state index contributed by atoms with van der Waals surface area (Å²) in [4.78, 5) is 11.2. The van der Waals surface area contributed by atoms with E-state index in [1.54, 1.807) is 0 Å². The Kier molecular flexibility index (Phi) is 5.03. The minimum absolute atomic E-state index is 0.0347. The highest BCUT2D eigenvalue weighted by Gasteiger charge is 2.20. The molecule has 4 heteroatoms. The number of carbonyl (C=O) groups excluding carboxylic acids is 1. The van der Waals surface area contributed by atoms with Gasteiger partial charge < -0.3 is 10.1 Å². The smallest absolute Gasteiger partial charge is 0.235 e. The molecule has 1 amide bonds. The molecule has 3 nitrogen and oxygen atoms in total. The van der Waals surface area contributed by atoms with Crippen LogP contribution < -0.4 is 10.1 Å². The van der Waals surface area contributed by atoms with Gasteiger partial charge in [0.05, 0.1) is 5.54 Å². The van der Waals surface area contributed by atoms with Crippen molar-refractivity contribution < 1.29 is 9.53 Å². The molecule has 0 aliphatic carbocycles. The monoisotopic (exact) mass is 269 g/mol. The number of halogens is 1. The highest BCUT2D eigenvalue weighted by Crippen LogP contribution is 2.17. The van der Waals surface area contributed by atoms with Gasteiger partial charge in [0.2, 0.25) is 5.91 Å². The number of aryl methyl sites for hydroxylation is 2. The van der Waals surface area contributed by atoms with Gasteiger partial charge in [0.15, 0.2) is 0 Å². The van der Waals surface area contributed by atoms with Crippen molar-refractivity contribution in [2.75, 3.05) is 12.5 Å². The second-order valence-electron chi connectivity index (χ2n) is 5.10. The minimum Gasteiger partial charge on any atom is -0.491 e. The lowest BCUT2D eigenvalue weighted by molar-refractivity contribution is -0.120. The second kappa shape index (κ2) is 6.10. The molecule has 0 saturated carbocycles. The third kappa shape index (κ3) is 4.57. The quantitative estimate of drug-likeness (QED) is 0.835. The Hall–Kier alpha value is -1.22. The Labute approximate surface area is 113 Å². The van der Waals surface area contributed by atoms with Gasteiger partial charge in [-0.05, 0) is 51.0 Å². The molecule has 1 N–H and O–H groups in total. The first kappa shape index (κ1) is 14.8. The predicted octanol–water partition coefficient (Wildman–Crippen LogP) is 2.82. The van der Waals surface area contributed by atoms with Crippen molar-refractivity contribution in [2.45, 2.75) is 33.2 Å². The average Bonchev–Trinajstić information content (AvgIpc) is 2.30. The summed E-state index contributed by atoms with van der Waals surface area (Å²) in [5, 5.41) is 2.81. The fourth-order valence-electron chi connectivity index (χ4n) is 1.51. The van der Waals surface area contributed by atoms with Crippen LogP contribution in [0.3, 0.4) is 0 Å². The molecule has 1 rings (SSSR count). The van der Waals surface area contributed by atoms with E-state index in [2.05, 4.69) is 12.2 Å². The second-order valence-corrected chi connectivity index (χ2v) is 5.37. The fraction of sp³-hybridized carbons (Fsp3) is 0.500. The molecule has 0 atom stereocenters. The topological polar surface area (TPSA) is 38.3 Å². The number of hydrogen-bond acceptors (Lipinski definition) is 2. The average molecular weight is 270 g/mol. The van der Waals surface area contributed by atoms with Crippen LogP contribution >= 0.6 is 11.6 Å². The molecule has 0 heterocycles. The molecule has 0 spiro atoms. The molecule has 1 aromatic carbocycles. The number of carbonyl (C=O) groups is 1. The van der Waals surface area contributed by atoms with Crippen molar-refractivity contribution in [3.63, 3.8) is 0 Å². The fourth-order valence-corrected chi connectivity index (χ4v) is 1.58. The lowest BCUT2D eigenvalue weighted by atomic mass is 10.1. The van der Waals surface area contributed by atoms with E-state index in [1.807, 2.05) is 39.0 Å². The summed E-state index contributed by atoms with van der Waals surface area (Å²) in [6.07, 6.45) is 0. The van der Waals surface area contributed by atoms with E-state index >= 15 is 0 Å². The zero-order chi connectivity index (χ0) is 13.8. The van der Waals surface area contributed by atoms with Crippen LogP contribution in [0.1, 0.15) is 25.0 Å². The molecule has 0 aromatic heterocycles. The Morgan fingerprint density at radius 3 is 2.56 bits per heavy atom. The summed E-state index contributed by atoms with van der Waals surface area (Å²) in [6.45, 7) is 8.31. The van der Waals surface area contributed by atoms with E-state index in [1.165, 1.54) is 11.1 Å². The molecule has 100 valence electrons. The number of rotatable bonds is 5. The Morgan fingerprint density at radius 1 is 1.33 bits per heavy atom.